The molecule has 1 aromatic heterocycles. The zero-order valence-electron chi connectivity index (χ0n) is 9.56. The second-order valence-electron chi connectivity index (χ2n) is 4.59. The number of likely N-dealkylation sites (tertiary alicyclic amines) is 1. The minimum Gasteiger partial charge on any atom is -0.329 e. The average molecular weight is 208 g/mol. The van der Waals surface area contributed by atoms with E-state index in [1.54, 1.807) is 0 Å². The molecular weight excluding hydrogens is 188 g/mol. The molecule has 2 atom stereocenters. The highest BCUT2D eigenvalue weighted by atomic mass is 15.3. The van der Waals surface area contributed by atoms with E-state index in [1.165, 1.54) is 12.0 Å². The van der Waals surface area contributed by atoms with Gasteiger partial charge in [-0.2, -0.15) is 5.10 Å². The van der Waals surface area contributed by atoms with Crippen molar-refractivity contribution >= 4 is 0 Å². The number of hydrogen-bond donors (Lipinski definition) is 1. The minimum absolute atomic E-state index is 0.351. The molecule has 0 saturated carbocycles. The Morgan fingerprint density at radius 1 is 1.67 bits per heavy atom. The van der Waals surface area contributed by atoms with Crippen molar-refractivity contribution < 1.29 is 0 Å². The fourth-order valence-corrected chi connectivity index (χ4v) is 2.36. The molecule has 0 bridgehead atoms. The quantitative estimate of drug-likeness (QED) is 0.798. The van der Waals surface area contributed by atoms with Gasteiger partial charge in [0, 0.05) is 31.9 Å². The molecule has 2 heterocycles. The first-order chi connectivity index (χ1) is 7.20. The van der Waals surface area contributed by atoms with Crippen molar-refractivity contribution in [2.24, 2.45) is 18.7 Å². The predicted molar refractivity (Wildman–Crippen MR) is 60.4 cm³/mol. The maximum Gasteiger partial charge on any atom is 0.0538 e. The van der Waals surface area contributed by atoms with Gasteiger partial charge < -0.3 is 5.73 Å². The Hall–Kier alpha value is -0.870. The van der Waals surface area contributed by atoms with Gasteiger partial charge in [0.15, 0.2) is 0 Å². The fraction of sp³-hybridized carbons (Fsp3) is 0.727. The van der Waals surface area contributed by atoms with Gasteiger partial charge in [-0.05, 0) is 18.9 Å². The van der Waals surface area contributed by atoms with Crippen LogP contribution >= 0.6 is 0 Å². The molecule has 0 radical (unpaired) electrons. The summed E-state index contributed by atoms with van der Waals surface area (Å²) in [5, 5.41) is 4.21. The van der Waals surface area contributed by atoms with Crippen molar-refractivity contribution in [3.8, 4) is 0 Å². The van der Waals surface area contributed by atoms with Crippen LogP contribution in [-0.2, 0) is 7.05 Å². The van der Waals surface area contributed by atoms with Crippen LogP contribution in [0.1, 0.15) is 24.9 Å². The van der Waals surface area contributed by atoms with Gasteiger partial charge in [-0.3, -0.25) is 9.58 Å². The third-order valence-corrected chi connectivity index (χ3v) is 3.23. The van der Waals surface area contributed by atoms with Crippen LogP contribution in [0.4, 0.5) is 0 Å². The Morgan fingerprint density at radius 3 is 2.93 bits per heavy atom. The van der Waals surface area contributed by atoms with Gasteiger partial charge >= 0.3 is 0 Å². The minimum atomic E-state index is 0.351. The molecule has 4 nitrogen and oxygen atoms in total. The van der Waals surface area contributed by atoms with Crippen molar-refractivity contribution in [3.63, 3.8) is 0 Å². The molecule has 0 aliphatic carbocycles. The van der Waals surface area contributed by atoms with E-state index in [-0.39, 0.29) is 0 Å². The van der Waals surface area contributed by atoms with Gasteiger partial charge in [-0.1, -0.05) is 6.92 Å². The predicted octanol–water partition coefficient (Wildman–Crippen LogP) is 0.762. The normalized spacial score (nSPS) is 24.6. The lowest BCUT2D eigenvalue weighted by Gasteiger charge is -2.25. The second kappa shape index (κ2) is 4.33. The number of aromatic nitrogens is 2. The van der Waals surface area contributed by atoms with Gasteiger partial charge in [0.05, 0.1) is 12.2 Å². The summed E-state index contributed by atoms with van der Waals surface area (Å²) in [4.78, 5) is 2.47. The number of aryl methyl sites for hydroxylation is 1. The number of nitrogens with zero attached hydrogens (tertiary/aromatic N) is 3. The lowest BCUT2D eigenvalue weighted by atomic mass is 10.1. The molecule has 1 saturated heterocycles. The van der Waals surface area contributed by atoms with Crippen LogP contribution in [0, 0.1) is 5.92 Å². The van der Waals surface area contributed by atoms with E-state index >= 15 is 0 Å². The van der Waals surface area contributed by atoms with Crippen molar-refractivity contribution in [1.29, 1.82) is 0 Å². The third-order valence-electron chi connectivity index (χ3n) is 3.23. The van der Waals surface area contributed by atoms with Crippen molar-refractivity contribution in [2.75, 3.05) is 19.6 Å². The average Bonchev–Trinajstić information content (AvgIpc) is 2.78. The summed E-state index contributed by atoms with van der Waals surface area (Å²) in [6.45, 7) is 5.31. The molecule has 1 fully saturated rings. The lowest BCUT2D eigenvalue weighted by Crippen LogP contribution is -2.31. The first-order valence-corrected chi connectivity index (χ1v) is 5.63. The molecule has 84 valence electrons. The summed E-state index contributed by atoms with van der Waals surface area (Å²) < 4.78 is 1.84. The summed E-state index contributed by atoms with van der Waals surface area (Å²) in [5.74, 6) is 0.802. The van der Waals surface area contributed by atoms with Gasteiger partial charge in [0.1, 0.15) is 0 Å². The molecule has 15 heavy (non-hydrogen) atoms. The molecule has 2 rings (SSSR count). The standard InChI is InChI=1S/C11H20N4/c1-9-3-4-15(7-9)11(5-12)10-6-13-14(2)8-10/h6,8-9,11H,3-5,7,12H2,1-2H3. The highest BCUT2D eigenvalue weighted by Crippen LogP contribution is 2.26. The van der Waals surface area contributed by atoms with E-state index in [4.69, 9.17) is 5.73 Å². The van der Waals surface area contributed by atoms with E-state index in [0.29, 0.717) is 12.6 Å². The number of rotatable bonds is 3. The van der Waals surface area contributed by atoms with E-state index in [2.05, 4.69) is 23.1 Å². The number of nitrogens with two attached hydrogens (primary N) is 1. The van der Waals surface area contributed by atoms with Gasteiger partial charge in [-0.15, -0.1) is 0 Å². The van der Waals surface area contributed by atoms with Crippen LogP contribution in [-0.4, -0.2) is 34.3 Å². The van der Waals surface area contributed by atoms with E-state index in [9.17, 15) is 0 Å². The summed E-state index contributed by atoms with van der Waals surface area (Å²) in [6, 6.07) is 0.351. The van der Waals surface area contributed by atoms with Gasteiger partial charge in [0.2, 0.25) is 0 Å². The molecule has 2 unspecified atom stereocenters. The van der Waals surface area contributed by atoms with Crippen LogP contribution in [0.5, 0.6) is 0 Å². The third kappa shape index (κ3) is 2.21. The lowest BCUT2D eigenvalue weighted by molar-refractivity contribution is 0.243. The van der Waals surface area contributed by atoms with Crippen molar-refractivity contribution in [1.82, 2.24) is 14.7 Å². The maximum atomic E-state index is 5.86. The Morgan fingerprint density at radius 2 is 2.47 bits per heavy atom. The Labute approximate surface area is 91.1 Å². The molecule has 1 aliphatic rings. The van der Waals surface area contributed by atoms with Crippen molar-refractivity contribution in [3.05, 3.63) is 18.0 Å². The number of hydrogen-bond acceptors (Lipinski definition) is 3. The van der Waals surface area contributed by atoms with Crippen LogP contribution in [0.25, 0.3) is 0 Å². The fourth-order valence-electron chi connectivity index (χ4n) is 2.36. The van der Waals surface area contributed by atoms with E-state index in [1.807, 2.05) is 17.9 Å². The molecule has 4 heteroatoms. The van der Waals surface area contributed by atoms with Gasteiger partial charge in [-0.25, -0.2) is 0 Å². The molecule has 0 amide bonds. The zero-order chi connectivity index (χ0) is 10.8. The SMILES string of the molecule is CC1CCN(C(CN)c2cnn(C)c2)C1. The Bertz CT molecular complexity index is 320. The molecule has 0 spiro atoms. The van der Waals surface area contributed by atoms with Crippen LogP contribution in [0.15, 0.2) is 12.4 Å². The smallest absolute Gasteiger partial charge is 0.0538 e. The first kappa shape index (κ1) is 10.6. The zero-order valence-corrected chi connectivity index (χ0v) is 9.56. The molecular formula is C11H20N4. The van der Waals surface area contributed by atoms with Crippen LogP contribution < -0.4 is 5.73 Å². The summed E-state index contributed by atoms with van der Waals surface area (Å²) >= 11 is 0. The van der Waals surface area contributed by atoms with E-state index in [0.717, 1.165) is 19.0 Å². The van der Waals surface area contributed by atoms with E-state index < -0.39 is 0 Å². The molecule has 1 aromatic rings. The van der Waals surface area contributed by atoms with Crippen LogP contribution in [0.3, 0.4) is 0 Å². The Balaban J connectivity index is 2.10. The summed E-state index contributed by atoms with van der Waals surface area (Å²) in [7, 11) is 1.95. The van der Waals surface area contributed by atoms with Crippen molar-refractivity contribution in [2.45, 2.75) is 19.4 Å². The summed E-state index contributed by atoms with van der Waals surface area (Å²) in [6.07, 6.45) is 5.29. The topological polar surface area (TPSA) is 47.1 Å². The Kier molecular flexibility index (Phi) is 3.07. The monoisotopic (exact) mass is 208 g/mol. The van der Waals surface area contributed by atoms with Gasteiger partial charge in [0.25, 0.3) is 0 Å². The second-order valence-corrected chi connectivity index (χ2v) is 4.59. The first-order valence-electron chi connectivity index (χ1n) is 5.63. The molecule has 2 N–H and O–H groups in total. The van der Waals surface area contributed by atoms with Crippen LogP contribution in [0.2, 0.25) is 0 Å². The highest BCUT2D eigenvalue weighted by molar-refractivity contribution is 5.11. The maximum absolute atomic E-state index is 5.86. The highest BCUT2D eigenvalue weighted by Gasteiger charge is 2.26. The largest absolute Gasteiger partial charge is 0.329 e. The summed E-state index contributed by atoms with van der Waals surface area (Å²) in [5.41, 5.74) is 7.11. The molecule has 0 aromatic carbocycles. The molecule has 1 aliphatic heterocycles.